The summed E-state index contributed by atoms with van der Waals surface area (Å²) in [6, 6.07) is 3.25. The molecular formula is C13H17F2NO. The number of benzene rings is 1. The number of rotatable bonds is 5. The van der Waals surface area contributed by atoms with Crippen molar-refractivity contribution in [1.82, 2.24) is 5.32 Å². The van der Waals surface area contributed by atoms with Gasteiger partial charge in [0.1, 0.15) is 11.6 Å². The van der Waals surface area contributed by atoms with Crippen LogP contribution in [0.3, 0.4) is 0 Å². The van der Waals surface area contributed by atoms with Crippen molar-refractivity contribution in [3.8, 4) is 0 Å². The first-order chi connectivity index (χ1) is 8.16. The van der Waals surface area contributed by atoms with Gasteiger partial charge in [0.25, 0.3) is 0 Å². The lowest BCUT2D eigenvalue weighted by Crippen LogP contribution is -2.30. The Morgan fingerprint density at radius 1 is 1.35 bits per heavy atom. The van der Waals surface area contributed by atoms with Crippen LogP contribution >= 0.6 is 0 Å². The maximum Gasteiger partial charge on any atom is 0.131 e. The maximum atomic E-state index is 13.3. The van der Waals surface area contributed by atoms with Crippen LogP contribution in [0.15, 0.2) is 18.2 Å². The van der Waals surface area contributed by atoms with E-state index < -0.39 is 17.7 Å². The monoisotopic (exact) mass is 241 g/mol. The molecule has 0 spiro atoms. The first-order valence-corrected chi connectivity index (χ1v) is 6.00. The van der Waals surface area contributed by atoms with Gasteiger partial charge in [-0.25, -0.2) is 8.78 Å². The van der Waals surface area contributed by atoms with Crippen LogP contribution in [0.4, 0.5) is 8.78 Å². The molecule has 1 saturated carbocycles. The van der Waals surface area contributed by atoms with Crippen molar-refractivity contribution in [2.45, 2.75) is 25.4 Å². The lowest BCUT2D eigenvalue weighted by molar-refractivity contribution is 0.164. The van der Waals surface area contributed by atoms with Crippen LogP contribution < -0.4 is 5.32 Å². The van der Waals surface area contributed by atoms with Crippen molar-refractivity contribution in [2.75, 3.05) is 13.1 Å². The van der Waals surface area contributed by atoms with Crippen molar-refractivity contribution in [2.24, 2.45) is 5.92 Å². The SMILES string of the molecule is OC(CNCC1CCC1)c1ccc(F)cc1F. The molecule has 1 aromatic rings. The lowest BCUT2D eigenvalue weighted by Gasteiger charge is -2.26. The fourth-order valence-corrected chi connectivity index (χ4v) is 2.00. The van der Waals surface area contributed by atoms with Crippen LogP contribution in [0.5, 0.6) is 0 Å². The second-order valence-corrected chi connectivity index (χ2v) is 4.64. The number of hydrogen-bond acceptors (Lipinski definition) is 2. The summed E-state index contributed by atoms with van der Waals surface area (Å²) in [6.45, 7) is 1.17. The van der Waals surface area contributed by atoms with Crippen molar-refractivity contribution in [3.63, 3.8) is 0 Å². The van der Waals surface area contributed by atoms with E-state index in [-0.39, 0.29) is 5.56 Å². The number of aliphatic hydroxyl groups is 1. The molecule has 0 radical (unpaired) electrons. The Morgan fingerprint density at radius 3 is 2.71 bits per heavy atom. The minimum Gasteiger partial charge on any atom is -0.387 e. The van der Waals surface area contributed by atoms with Crippen molar-refractivity contribution < 1.29 is 13.9 Å². The molecule has 4 heteroatoms. The van der Waals surface area contributed by atoms with Crippen molar-refractivity contribution in [1.29, 1.82) is 0 Å². The summed E-state index contributed by atoms with van der Waals surface area (Å²) in [5.41, 5.74) is 0.146. The van der Waals surface area contributed by atoms with Gasteiger partial charge in [-0.05, 0) is 31.4 Å². The lowest BCUT2D eigenvalue weighted by atomic mass is 9.85. The molecule has 0 amide bonds. The Bertz CT molecular complexity index is 380. The minimum atomic E-state index is -0.921. The zero-order valence-electron chi connectivity index (χ0n) is 9.63. The van der Waals surface area contributed by atoms with Gasteiger partial charge in [-0.2, -0.15) is 0 Å². The molecule has 0 aliphatic heterocycles. The maximum absolute atomic E-state index is 13.3. The van der Waals surface area contributed by atoms with E-state index in [0.29, 0.717) is 12.5 Å². The highest BCUT2D eigenvalue weighted by molar-refractivity contribution is 5.21. The van der Waals surface area contributed by atoms with E-state index in [2.05, 4.69) is 5.32 Å². The van der Waals surface area contributed by atoms with Crippen LogP contribution in [0.2, 0.25) is 0 Å². The normalized spacial score (nSPS) is 17.8. The first-order valence-electron chi connectivity index (χ1n) is 6.00. The molecule has 94 valence electrons. The molecule has 1 unspecified atom stereocenters. The number of halogens is 2. The summed E-state index contributed by atoms with van der Waals surface area (Å²) in [6.07, 6.45) is 2.82. The van der Waals surface area contributed by atoms with Gasteiger partial charge in [0.05, 0.1) is 6.10 Å². The zero-order chi connectivity index (χ0) is 12.3. The zero-order valence-corrected chi connectivity index (χ0v) is 9.63. The second kappa shape index (κ2) is 5.56. The predicted molar refractivity (Wildman–Crippen MR) is 61.5 cm³/mol. The summed E-state index contributed by atoms with van der Waals surface area (Å²) < 4.78 is 26.0. The highest BCUT2D eigenvalue weighted by atomic mass is 19.1. The molecule has 1 atom stereocenters. The molecule has 0 aromatic heterocycles. The van der Waals surface area contributed by atoms with Crippen molar-refractivity contribution >= 4 is 0 Å². The first kappa shape index (κ1) is 12.5. The molecule has 2 N–H and O–H groups in total. The Balaban J connectivity index is 1.83. The summed E-state index contributed by atoms with van der Waals surface area (Å²) >= 11 is 0. The van der Waals surface area contributed by atoms with Gasteiger partial charge in [-0.3, -0.25) is 0 Å². The van der Waals surface area contributed by atoms with Crippen LogP contribution in [-0.4, -0.2) is 18.2 Å². The standard InChI is InChI=1S/C13H17F2NO/c14-10-4-5-11(12(15)6-10)13(17)8-16-7-9-2-1-3-9/h4-6,9,13,16-17H,1-3,7-8H2. The van der Waals surface area contributed by atoms with E-state index in [9.17, 15) is 13.9 Å². The van der Waals surface area contributed by atoms with Crippen molar-refractivity contribution in [3.05, 3.63) is 35.4 Å². The van der Waals surface area contributed by atoms with Crippen LogP contribution in [0.25, 0.3) is 0 Å². The molecule has 2 rings (SSSR count). The van der Waals surface area contributed by atoms with Gasteiger partial charge in [0, 0.05) is 18.2 Å². The Kier molecular flexibility index (Phi) is 4.07. The number of aliphatic hydroxyl groups excluding tert-OH is 1. The van der Waals surface area contributed by atoms with Gasteiger partial charge in [0.2, 0.25) is 0 Å². The molecule has 1 aliphatic rings. The van der Waals surface area contributed by atoms with E-state index in [4.69, 9.17) is 0 Å². The minimum absolute atomic E-state index is 0.146. The van der Waals surface area contributed by atoms with Gasteiger partial charge in [-0.1, -0.05) is 12.5 Å². The molecule has 0 saturated heterocycles. The van der Waals surface area contributed by atoms with Crippen LogP contribution in [0, 0.1) is 17.6 Å². The van der Waals surface area contributed by atoms with E-state index in [1.165, 1.54) is 25.3 Å². The molecule has 1 fully saturated rings. The molecule has 0 heterocycles. The van der Waals surface area contributed by atoms with Gasteiger partial charge < -0.3 is 10.4 Å². The van der Waals surface area contributed by atoms with E-state index in [0.717, 1.165) is 18.7 Å². The third kappa shape index (κ3) is 3.23. The fourth-order valence-electron chi connectivity index (χ4n) is 2.00. The van der Waals surface area contributed by atoms with E-state index >= 15 is 0 Å². The van der Waals surface area contributed by atoms with E-state index in [1.807, 2.05) is 0 Å². The molecule has 1 aromatic carbocycles. The molecule has 0 bridgehead atoms. The third-order valence-corrected chi connectivity index (χ3v) is 3.32. The summed E-state index contributed by atoms with van der Waals surface area (Å²) in [4.78, 5) is 0. The molecule has 1 aliphatic carbocycles. The quantitative estimate of drug-likeness (QED) is 0.829. The van der Waals surface area contributed by atoms with Gasteiger partial charge in [0.15, 0.2) is 0 Å². The number of nitrogens with one attached hydrogen (secondary N) is 1. The Morgan fingerprint density at radius 2 is 2.12 bits per heavy atom. The number of hydrogen-bond donors (Lipinski definition) is 2. The second-order valence-electron chi connectivity index (χ2n) is 4.64. The topological polar surface area (TPSA) is 32.3 Å². The largest absolute Gasteiger partial charge is 0.387 e. The predicted octanol–water partition coefficient (Wildman–Crippen LogP) is 2.39. The van der Waals surface area contributed by atoms with Crippen LogP contribution in [0.1, 0.15) is 30.9 Å². The van der Waals surface area contributed by atoms with Gasteiger partial charge >= 0.3 is 0 Å². The average Bonchev–Trinajstić information content (AvgIpc) is 2.21. The highest BCUT2D eigenvalue weighted by Crippen LogP contribution is 2.25. The summed E-state index contributed by atoms with van der Waals surface area (Å²) in [5, 5.41) is 12.9. The average molecular weight is 241 g/mol. The molecule has 2 nitrogen and oxygen atoms in total. The summed E-state index contributed by atoms with van der Waals surface area (Å²) in [7, 11) is 0. The van der Waals surface area contributed by atoms with Crippen LogP contribution in [-0.2, 0) is 0 Å². The van der Waals surface area contributed by atoms with E-state index in [1.54, 1.807) is 0 Å². The molecule has 17 heavy (non-hydrogen) atoms. The Labute approximate surface area is 99.7 Å². The van der Waals surface area contributed by atoms with Gasteiger partial charge in [-0.15, -0.1) is 0 Å². The fraction of sp³-hybridized carbons (Fsp3) is 0.538. The Hall–Kier alpha value is -1.00. The third-order valence-electron chi connectivity index (χ3n) is 3.32. The molecular weight excluding hydrogens is 224 g/mol. The summed E-state index contributed by atoms with van der Waals surface area (Å²) in [5.74, 6) is -0.621. The smallest absolute Gasteiger partial charge is 0.131 e. The highest BCUT2D eigenvalue weighted by Gasteiger charge is 2.18.